The largest absolute Gasteiger partial charge is 0.493 e. The van der Waals surface area contributed by atoms with Gasteiger partial charge in [-0.1, -0.05) is 0 Å². The molecule has 1 aromatic carbocycles. The fourth-order valence-corrected chi connectivity index (χ4v) is 2.61. The molecule has 0 aliphatic carbocycles. The van der Waals surface area contributed by atoms with Gasteiger partial charge in [-0.05, 0) is 25.1 Å². The van der Waals surface area contributed by atoms with Gasteiger partial charge in [0, 0.05) is 10.9 Å². The van der Waals surface area contributed by atoms with Crippen LogP contribution in [0.4, 0.5) is 0 Å². The third-order valence-corrected chi connectivity index (χ3v) is 3.48. The van der Waals surface area contributed by atoms with E-state index in [1.165, 1.54) is 11.3 Å². The van der Waals surface area contributed by atoms with Crippen molar-refractivity contribution in [3.05, 3.63) is 28.6 Å². The molecule has 0 atom stereocenters. The van der Waals surface area contributed by atoms with Crippen LogP contribution < -0.4 is 9.47 Å². The summed E-state index contributed by atoms with van der Waals surface area (Å²) in [4.78, 5) is 15.5. The highest BCUT2D eigenvalue weighted by Gasteiger charge is 2.10. The Hall–Kier alpha value is -1.88. The average molecular weight is 277 g/mol. The van der Waals surface area contributed by atoms with Crippen molar-refractivity contribution in [2.24, 2.45) is 0 Å². The number of rotatable bonds is 5. The summed E-state index contributed by atoms with van der Waals surface area (Å²) >= 11 is 1.49. The number of hydrogen-bond donors (Lipinski definition) is 0. The van der Waals surface area contributed by atoms with Crippen LogP contribution >= 0.6 is 11.3 Å². The van der Waals surface area contributed by atoms with Gasteiger partial charge in [0.1, 0.15) is 10.8 Å². The second-order valence-corrected chi connectivity index (χ2v) is 5.02. The Labute approximate surface area is 116 Å². The number of carbonyl (C=O) groups excluding carboxylic acids is 1. The number of ether oxygens (including phenoxy) is 2. The minimum absolute atomic E-state index is 0.119. The number of nitrogens with zero attached hydrogens (tertiary/aromatic N) is 1. The molecule has 1 aromatic heterocycles. The standard InChI is InChI=1S/C14H15NO3S/c1-9(16)6-14-15-11(8-19-14)10-4-5-12(17-2)13(7-10)18-3/h4-5,7-8H,6H2,1-3H3. The maximum atomic E-state index is 11.1. The fourth-order valence-electron chi connectivity index (χ4n) is 1.73. The lowest BCUT2D eigenvalue weighted by molar-refractivity contribution is -0.116. The first kappa shape index (κ1) is 13.5. The van der Waals surface area contributed by atoms with Crippen LogP contribution in [0.5, 0.6) is 11.5 Å². The zero-order valence-corrected chi connectivity index (χ0v) is 11.9. The number of ketones is 1. The van der Waals surface area contributed by atoms with Crippen LogP contribution in [0.1, 0.15) is 11.9 Å². The topological polar surface area (TPSA) is 48.4 Å². The second kappa shape index (κ2) is 5.84. The quantitative estimate of drug-likeness (QED) is 0.843. The van der Waals surface area contributed by atoms with E-state index in [1.54, 1.807) is 21.1 Å². The molecule has 4 nitrogen and oxygen atoms in total. The molecule has 0 saturated carbocycles. The van der Waals surface area contributed by atoms with E-state index >= 15 is 0 Å². The summed E-state index contributed by atoms with van der Waals surface area (Å²) < 4.78 is 10.5. The smallest absolute Gasteiger partial charge is 0.161 e. The highest BCUT2D eigenvalue weighted by atomic mass is 32.1. The Bertz CT molecular complexity index is 592. The third-order valence-electron chi connectivity index (χ3n) is 2.63. The summed E-state index contributed by atoms with van der Waals surface area (Å²) in [5.74, 6) is 1.47. The van der Waals surface area contributed by atoms with E-state index in [-0.39, 0.29) is 5.78 Å². The normalized spacial score (nSPS) is 10.3. The van der Waals surface area contributed by atoms with E-state index in [4.69, 9.17) is 9.47 Å². The molecule has 0 bridgehead atoms. The molecule has 19 heavy (non-hydrogen) atoms. The van der Waals surface area contributed by atoms with Gasteiger partial charge >= 0.3 is 0 Å². The molecule has 1 heterocycles. The molecule has 0 spiro atoms. The van der Waals surface area contributed by atoms with Crippen LogP contribution in [-0.2, 0) is 11.2 Å². The van der Waals surface area contributed by atoms with Crippen LogP contribution in [0.3, 0.4) is 0 Å². The molecule has 5 heteroatoms. The van der Waals surface area contributed by atoms with Crippen LogP contribution in [0, 0.1) is 0 Å². The molecule has 0 unspecified atom stereocenters. The molecule has 0 aliphatic rings. The Kier molecular flexibility index (Phi) is 4.16. The molecular weight excluding hydrogens is 262 g/mol. The molecule has 0 radical (unpaired) electrons. The number of thiazole rings is 1. The van der Waals surface area contributed by atoms with Gasteiger partial charge in [-0.3, -0.25) is 4.79 Å². The first-order valence-corrected chi connectivity index (χ1v) is 6.68. The number of benzene rings is 1. The second-order valence-electron chi connectivity index (χ2n) is 4.08. The van der Waals surface area contributed by atoms with Crippen LogP contribution in [0.2, 0.25) is 0 Å². The van der Waals surface area contributed by atoms with Gasteiger partial charge in [0.15, 0.2) is 11.5 Å². The first-order valence-electron chi connectivity index (χ1n) is 5.80. The summed E-state index contributed by atoms with van der Waals surface area (Å²) in [6.07, 6.45) is 0.387. The Balaban J connectivity index is 2.31. The van der Waals surface area contributed by atoms with Gasteiger partial charge in [-0.25, -0.2) is 4.98 Å². The van der Waals surface area contributed by atoms with Crippen molar-refractivity contribution in [1.82, 2.24) is 4.98 Å². The zero-order valence-electron chi connectivity index (χ0n) is 11.1. The van der Waals surface area contributed by atoms with Crippen molar-refractivity contribution in [3.8, 4) is 22.8 Å². The number of aromatic nitrogens is 1. The minimum atomic E-state index is 0.119. The molecule has 0 fully saturated rings. The highest BCUT2D eigenvalue weighted by molar-refractivity contribution is 7.10. The lowest BCUT2D eigenvalue weighted by Gasteiger charge is -2.08. The van der Waals surface area contributed by atoms with Crippen molar-refractivity contribution in [2.75, 3.05) is 14.2 Å². The van der Waals surface area contributed by atoms with E-state index in [1.807, 2.05) is 23.6 Å². The SMILES string of the molecule is COc1ccc(-c2csc(CC(C)=O)n2)cc1OC. The van der Waals surface area contributed by atoms with E-state index in [0.29, 0.717) is 17.9 Å². The van der Waals surface area contributed by atoms with Gasteiger partial charge in [0.2, 0.25) is 0 Å². The number of hydrogen-bond acceptors (Lipinski definition) is 5. The van der Waals surface area contributed by atoms with Crippen LogP contribution in [-0.4, -0.2) is 25.0 Å². The number of methoxy groups -OCH3 is 2. The molecule has 0 saturated heterocycles. The maximum absolute atomic E-state index is 11.1. The summed E-state index contributed by atoms with van der Waals surface area (Å²) in [5, 5.41) is 2.77. The highest BCUT2D eigenvalue weighted by Crippen LogP contribution is 2.32. The molecule has 0 aliphatic heterocycles. The lowest BCUT2D eigenvalue weighted by Crippen LogP contribution is -1.95. The minimum Gasteiger partial charge on any atom is -0.493 e. The molecular formula is C14H15NO3S. The Morgan fingerprint density at radius 2 is 2.00 bits per heavy atom. The summed E-state index contributed by atoms with van der Waals surface area (Å²) in [7, 11) is 3.20. The van der Waals surface area contributed by atoms with E-state index in [2.05, 4.69) is 4.98 Å². The summed E-state index contributed by atoms with van der Waals surface area (Å²) in [6, 6.07) is 5.65. The van der Waals surface area contributed by atoms with Gasteiger partial charge < -0.3 is 9.47 Å². The van der Waals surface area contributed by atoms with Crippen molar-refractivity contribution >= 4 is 17.1 Å². The summed E-state index contributed by atoms with van der Waals surface area (Å²) in [5.41, 5.74) is 1.80. The molecule has 2 aromatic rings. The van der Waals surface area contributed by atoms with Crippen molar-refractivity contribution < 1.29 is 14.3 Å². The monoisotopic (exact) mass is 277 g/mol. The maximum Gasteiger partial charge on any atom is 0.161 e. The van der Waals surface area contributed by atoms with Gasteiger partial charge in [-0.2, -0.15) is 0 Å². The predicted octanol–water partition coefficient (Wildman–Crippen LogP) is 2.96. The Morgan fingerprint density at radius 3 is 2.63 bits per heavy atom. The van der Waals surface area contributed by atoms with E-state index in [0.717, 1.165) is 16.3 Å². The molecule has 2 rings (SSSR count). The van der Waals surface area contributed by atoms with E-state index in [9.17, 15) is 4.79 Å². The number of carbonyl (C=O) groups is 1. The average Bonchev–Trinajstić information content (AvgIpc) is 2.85. The van der Waals surface area contributed by atoms with Crippen molar-refractivity contribution in [2.45, 2.75) is 13.3 Å². The first-order chi connectivity index (χ1) is 9.13. The fraction of sp³-hybridized carbons (Fsp3) is 0.286. The number of Topliss-reactive ketones (excluding diaryl/α,β-unsaturated/α-hetero) is 1. The molecule has 0 amide bonds. The van der Waals surface area contributed by atoms with Gasteiger partial charge in [0.25, 0.3) is 0 Å². The van der Waals surface area contributed by atoms with Gasteiger partial charge in [-0.15, -0.1) is 11.3 Å². The van der Waals surface area contributed by atoms with Crippen molar-refractivity contribution in [1.29, 1.82) is 0 Å². The van der Waals surface area contributed by atoms with E-state index < -0.39 is 0 Å². The van der Waals surface area contributed by atoms with Crippen LogP contribution in [0.25, 0.3) is 11.3 Å². The molecule has 0 N–H and O–H groups in total. The van der Waals surface area contributed by atoms with Crippen LogP contribution in [0.15, 0.2) is 23.6 Å². The third kappa shape index (κ3) is 3.12. The van der Waals surface area contributed by atoms with Crippen molar-refractivity contribution in [3.63, 3.8) is 0 Å². The molecule has 100 valence electrons. The van der Waals surface area contributed by atoms with Gasteiger partial charge in [0.05, 0.1) is 26.3 Å². The Morgan fingerprint density at radius 1 is 1.26 bits per heavy atom. The summed E-state index contributed by atoms with van der Waals surface area (Å²) in [6.45, 7) is 1.57. The lowest BCUT2D eigenvalue weighted by atomic mass is 10.1. The predicted molar refractivity (Wildman–Crippen MR) is 75.0 cm³/mol. The zero-order chi connectivity index (χ0) is 13.8.